The molecule has 21 heavy (non-hydrogen) atoms. The lowest BCUT2D eigenvalue weighted by atomic mass is 10.1. The van der Waals surface area contributed by atoms with E-state index in [0.717, 1.165) is 5.56 Å². The van der Waals surface area contributed by atoms with E-state index in [-0.39, 0.29) is 18.4 Å². The molecule has 0 radical (unpaired) electrons. The standard InChI is InChI=1S/C15H20N2O4/c1-4-12-15(19)16-8-14(18)17(12)9-10-5-6-11(20-2)7-13(10)21-3/h5-7,12H,4,8-9H2,1-3H3,(H,16,19). The van der Waals surface area contributed by atoms with E-state index in [1.54, 1.807) is 25.2 Å². The van der Waals surface area contributed by atoms with Gasteiger partial charge in [0.2, 0.25) is 11.8 Å². The van der Waals surface area contributed by atoms with Gasteiger partial charge in [-0.3, -0.25) is 9.59 Å². The maximum atomic E-state index is 12.1. The molecule has 0 aromatic heterocycles. The SMILES string of the molecule is CCC1C(=O)NCC(=O)N1Cc1ccc(OC)cc1OC. The molecule has 114 valence electrons. The Labute approximate surface area is 124 Å². The van der Waals surface area contributed by atoms with Crippen molar-refractivity contribution in [2.24, 2.45) is 0 Å². The molecule has 2 amide bonds. The van der Waals surface area contributed by atoms with Gasteiger partial charge in [-0.1, -0.05) is 6.92 Å². The monoisotopic (exact) mass is 292 g/mol. The fourth-order valence-electron chi connectivity index (χ4n) is 2.47. The molecule has 2 rings (SSSR count). The van der Waals surface area contributed by atoms with E-state index in [9.17, 15) is 9.59 Å². The fraction of sp³-hybridized carbons (Fsp3) is 0.467. The summed E-state index contributed by atoms with van der Waals surface area (Å²) in [6.07, 6.45) is 0.579. The van der Waals surface area contributed by atoms with E-state index in [4.69, 9.17) is 9.47 Å². The van der Waals surface area contributed by atoms with Crippen LogP contribution in [-0.4, -0.2) is 43.5 Å². The van der Waals surface area contributed by atoms with Crippen molar-refractivity contribution in [3.05, 3.63) is 23.8 Å². The first-order valence-electron chi connectivity index (χ1n) is 6.88. The van der Waals surface area contributed by atoms with Crippen molar-refractivity contribution in [1.29, 1.82) is 0 Å². The second-order valence-corrected chi connectivity index (χ2v) is 4.84. The lowest BCUT2D eigenvalue weighted by Gasteiger charge is -2.34. The number of hydrogen-bond acceptors (Lipinski definition) is 4. The molecule has 1 aliphatic heterocycles. The molecule has 0 spiro atoms. The van der Waals surface area contributed by atoms with Crippen LogP contribution in [0.25, 0.3) is 0 Å². The van der Waals surface area contributed by atoms with Crippen LogP contribution in [-0.2, 0) is 16.1 Å². The quantitative estimate of drug-likeness (QED) is 0.877. The first-order valence-corrected chi connectivity index (χ1v) is 6.88. The molecule has 1 N–H and O–H groups in total. The normalized spacial score (nSPS) is 18.4. The summed E-state index contributed by atoms with van der Waals surface area (Å²) in [4.78, 5) is 25.6. The Bertz CT molecular complexity index is 544. The summed E-state index contributed by atoms with van der Waals surface area (Å²) in [5.74, 6) is 1.14. The molecule has 1 atom stereocenters. The second-order valence-electron chi connectivity index (χ2n) is 4.84. The van der Waals surface area contributed by atoms with Crippen LogP contribution in [0.1, 0.15) is 18.9 Å². The molecule has 1 aromatic rings. The molecule has 1 saturated heterocycles. The van der Waals surface area contributed by atoms with Gasteiger partial charge in [0, 0.05) is 11.6 Å². The van der Waals surface area contributed by atoms with Crippen LogP contribution in [0, 0.1) is 0 Å². The Hall–Kier alpha value is -2.24. The van der Waals surface area contributed by atoms with Crippen LogP contribution in [0.4, 0.5) is 0 Å². The van der Waals surface area contributed by atoms with Crippen molar-refractivity contribution in [2.45, 2.75) is 25.9 Å². The summed E-state index contributed by atoms with van der Waals surface area (Å²) in [5, 5.41) is 2.61. The highest BCUT2D eigenvalue weighted by Crippen LogP contribution is 2.27. The van der Waals surface area contributed by atoms with Crippen LogP contribution >= 0.6 is 0 Å². The number of benzene rings is 1. The Morgan fingerprint density at radius 3 is 2.67 bits per heavy atom. The smallest absolute Gasteiger partial charge is 0.243 e. The van der Waals surface area contributed by atoms with Crippen molar-refractivity contribution in [3.63, 3.8) is 0 Å². The van der Waals surface area contributed by atoms with Crippen LogP contribution in [0.2, 0.25) is 0 Å². The van der Waals surface area contributed by atoms with Gasteiger partial charge in [-0.2, -0.15) is 0 Å². The zero-order chi connectivity index (χ0) is 15.4. The minimum absolute atomic E-state index is 0.0494. The number of nitrogens with one attached hydrogen (secondary N) is 1. The van der Waals surface area contributed by atoms with Crippen molar-refractivity contribution in [1.82, 2.24) is 10.2 Å². The van der Waals surface area contributed by atoms with Gasteiger partial charge in [0.05, 0.1) is 27.3 Å². The van der Waals surface area contributed by atoms with Crippen molar-refractivity contribution >= 4 is 11.8 Å². The number of methoxy groups -OCH3 is 2. The Kier molecular flexibility index (Phi) is 4.67. The predicted molar refractivity (Wildman–Crippen MR) is 77.2 cm³/mol. The highest BCUT2D eigenvalue weighted by atomic mass is 16.5. The largest absolute Gasteiger partial charge is 0.497 e. The van der Waals surface area contributed by atoms with Crippen LogP contribution in [0.3, 0.4) is 0 Å². The minimum Gasteiger partial charge on any atom is -0.497 e. The summed E-state index contributed by atoms with van der Waals surface area (Å²) < 4.78 is 10.5. The number of rotatable bonds is 5. The summed E-state index contributed by atoms with van der Waals surface area (Å²) >= 11 is 0. The number of amides is 2. The third kappa shape index (κ3) is 3.09. The third-order valence-electron chi connectivity index (χ3n) is 3.63. The Morgan fingerprint density at radius 1 is 1.29 bits per heavy atom. The Morgan fingerprint density at radius 2 is 2.05 bits per heavy atom. The van der Waals surface area contributed by atoms with E-state index in [1.807, 2.05) is 19.1 Å². The van der Waals surface area contributed by atoms with Gasteiger partial charge in [0.15, 0.2) is 0 Å². The minimum atomic E-state index is -0.432. The van der Waals surface area contributed by atoms with Gasteiger partial charge >= 0.3 is 0 Å². The van der Waals surface area contributed by atoms with E-state index < -0.39 is 6.04 Å². The Balaban J connectivity index is 2.26. The molecule has 6 nitrogen and oxygen atoms in total. The van der Waals surface area contributed by atoms with E-state index in [1.165, 1.54) is 0 Å². The van der Waals surface area contributed by atoms with Gasteiger partial charge in [0.1, 0.15) is 17.5 Å². The zero-order valence-electron chi connectivity index (χ0n) is 12.5. The predicted octanol–water partition coefficient (Wildman–Crippen LogP) is 0.941. The van der Waals surface area contributed by atoms with Crippen molar-refractivity contribution < 1.29 is 19.1 Å². The highest BCUT2D eigenvalue weighted by Gasteiger charge is 2.33. The van der Waals surface area contributed by atoms with Crippen LogP contribution in [0.15, 0.2) is 18.2 Å². The number of hydrogen-bond donors (Lipinski definition) is 1. The van der Waals surface area contributed by atoms with E-state index in [0.29, 0.717) is 24.5 Å². The molecule has 0 bridgehead atoms. The van der Waals surface area contributed by atoms with Crippen molar-refractivity contribution in [3.8, 4) is 11.5 Å². The third-order valence-corrected chi connectivity index (χ3v) is 3.63. The summed E-state index contributed by atoms with van der Waals surface area (Å²) in [5.41, 5.74) is 0.847. The number of nitrogens with zero attached hydrogens (tertiary/aromatic N) is 1. The number of piperazine rings is 1. The molecule has 1 heterocycles. The number of carbonyl (C=O) groups is 2. The van der Waals surface area contributed by atoms with Crippen molar-refractivity contribution in [2.75, 3.05) is 20.8 Å². The molecular formula is C15H20N2O4. The average molecular weight is 292 g/mol. The maximum absolute atomic E-state index is 12.1. The van der Waals surface area contributed by atoms with Gasteiger partial charge in [0.25, 0.3) is 0 Å². The topological polar surface area (TPSA) is 67.9 Å². The molecule has 1 unspecified atom stereocenters. The lowest BCUT2D eigenvalue weighted by Crippen LogP contribution is -2.57. The molecule has 1 aliphatic rings. The van der Waals surface area contributed by atoms with Crippen LogP contribution in [0.5, 0.6) is 11.5 Å². The second kappa shape index (κ2) is 6.47. The molecule has 0 aliphatic carbocycles. The highest BCUT2D eigenvalue weighted by molar-refractivity contribution is 5.94. The molecule has 0 saturated carbocycles. The maximum Gasteiger partial charge on any atom is 0.243 e. The lowest BCUT2D eigenvalue weighted by molar-refractivity contribution is -0.146. The first-order chi connectivity index (χ1) is 10.1. The summed E-state index contributed by atoms with van der Waals surface area (Å²) in [6.45, 7) is 2.28. The molecular weight excluding hydrogens is 272 g/mol. The fourth-order valence-corrected chi connectivity index (χ4v) is 2.47. The molecule has 6 heteroatoms. The summed E-state index contributed by atoms with van der Waals surface area (Å²) in [7, 11) is 3.15. The average Bonchev–Trinajstić information content (AvgIpc) is 2.51. The number of ether oxygens (including phenoxy) is 2. The van der Waals surface area contributed by atoms with Crippen LogP contribution < -0.4 is 14.8 Å². The van der Waals surface area contributed by atoms with Gasteiger partial charge in [-0.25, -0.2) is 0 Å². The van der Waals surface area contributed by atoms with Gasteiger partial charge < -0.3 is 19.7 Å². The van der Waals surface area contributed by atoms with Gasteiger partial charge in [-0.05, 0) is 18.6 Å². The molecule has 1 aromatic carbocycles. The van der Waals surface area contributed by atoms with E-state index in [2.05, 4.69) is 5.32 Å². The number of carbonyl (C=O) groups excluding carboxylic acids is 2. The zero-order valence-corrected chi connectivity index (χ0v) is 12.5. The molecule has 1 fully saturated rings. The summed E-state index contributed by atoms with van der Waals surface area (Å²) in [6, 6.07) is 5.00. The first kappa shape index (κ1) is 15.2. The van der Waals surface area contributed by atoms with Gasteiger partial charge in [-0.15, -0.1) is 0 Å². The van der Waals surface area contributed by atoms with E-state index >= 15 is 0 Å².